The monoisotopic (exact) mass is 240 g/mol. The van der Waals surface area contributed by atoms with E-state index in [-0.39, 0.29) is 18.3 Å². The van der Waals surface area contributed by atoms with Crippen LogP contribution in [-0.4, -0.2) is 25.9 Å². The van der Waals surface area contributed by atoms with Crippen molar-refractivity contribution in [3.8, 4) is 5.75 Å². The molecule has 1 aromatic rings. The Balaban J connectivity index is 2.33. The Labute approximate surface area is 100 Å². The molecule has 1 N–H and O–H groups in total. The highest BCUT2D eigenvalue weighted by atomic mass is 19.1. The van der Waals surface area contributed by atoms with Crippen molar-refractivity contribution in [1.29, 1.82) is 0 Å². The summed E-state index contributed by atoms with van der Waals surface area (Å²) in [6.07, 6.45) is 1.90. The van der Waals surface area contributed by atoms with Crippen molar-refractivity contribution >= 4 is 0 Å². The molecule has 1 fully saturated rings. The van der Waals surface area contributed by atoms with Gasteiger partial charge in [-0.1, -0.05) is 6.07 Å². The largest absolute Gasteiger partial charge is 0.494 e. The summed E-state index contributed by atoms with van der Waals surface area (Å²) in [6, 6.07) is 4.56. The molecule has 17 heavy (non-hydrogen) atoms. The third-order valence-corrected chi connectivity index (χ3v) is 3.27. The highest BCUT2D eigenvalue weighted by molar-refractivity contribution is 5.33. The number of methoxy groups -OCH3 is 2. The smallest absolute Gasteiger partial charge is 0.165 e. The van der Waals surface area contributed by atoms with Gasteiger partial charge in [-0.05, 0) is 36.5 Å². The maximum Gasteiger partial charge on any atom is 0.165 e. The van der Waals surface area contributed by atoms with Crippen LogP contribution in [0.3, 0.4) is 0 Å². The van der Waals surface area contributed by atoms with Gasteiger partial charge in [0.05, 0.1) is 13.7 Å². The van der Waals surface area contributed by atoms with Crippen LogP contribution < -0.4 is 4.74 Å². The summed E-state index contributed by atoms with van der Waals surface area (Å²) in [6.45, 7) is 0.184. The normalized spacial score (nSPS) is 18.8. The molecule has 94 valence electrons. The highest BCUT2D eigenvalue weighted by Gasteiger charge is 2.45. The zero-order valence-corrected chi connectivity index (χ0v) is 10.1. The Morgan fingerprint density at radius 1 is 1.41 bits per heavy atom. The number of ether oxygens (including phenoxy) is 2. The Morgan fingerprint density at radius 2 is 2.12 bits per heavy atom. The number of benzene rings is 1. The van der Waals surface area contributed by atoms with Crippen LogP contribution in [0.4, 0.5) is 4.39 Å². The average molecular weight is 240 g/mol. The number of halogens is 1. The molecule has 3 nitrogen and oxygen atoms in total. The van der Waals surface area contributed by atoms with Crippen molar-refractivity contribution < 1.29 is 19.0 Å². The molecule has 0 saturated heterocycles. The number of hydrogen-bond acceptors (Lipinski definition) is 3. The van der Waals surface area contributed by atoms with Crippen molar-refractivity contribution in [2.24, 2.45) is 5.92 Å². The molecule has 2 rings (SSSR count). The first-order chi connectivity index (χ1) is 8.11. The quantitative estimate of drug-likeness (QED) is 0.856. The van der Waals surface area contributed by atoms with Gasteiger partial charge in [0, 0.05) is 7.11 Å². The third kappa shape index (κ3) is 2.28. The molecule has 1 aromatic carbocycles. The summed E-state index contributed by atoms with van der Waals surface area (Å²) in [4.78, 5) is 0. The zero-order valence-electron chi connectivity index (χ0n) is 10.1. The lowest BCUT2D eigenvalue weighted by Crippen LogP contribution is -2.33. The minimum atomic E-state index is -1.08. The maximum atomic E-state index is 13.6. The first-order valence-electron chi connectivity index (χ1n) is 5.67. The molecule has 1 atom stereocenters. The Bertz CT molecular complexity index is 404. The molecule has 1 unspecified atom stereocenters. The van der Waals surface area contributed by atoms with Crippen molar-refractivity contribution in [2.75, 3.05) is 20.8 Å². The second kappa shape index (κ2) is 4.63. The summed E-state index contributed by atoms with van der Waals surface area (Å²) in [5.41, 5.74) is -0.526. The lowest BCUT2D eigenvalue weighted by molar-refractivity contribution is -0.0534. The van der Waals surface area contributed by atoms with Gasteiger partial charge in [-0.25, -0.2) is 4.39 Å². The summed E-state index contributed by atoms with van der Waals surface area (Å²) in [5, 5.41) is 10.6. The van der Waals surface area contributed by atoms with Gasteiger partial charge < -0.3 is 14.6 Å². The van der Waals surface area contributed by atoms with Crippen molar-refractivity contribution in [1.82, 2.24) is 0 Å². The second-order valence-corrected chi connectivity index (χ2v) is 4.48. The van der Waals surface area contributed by atoms with Crippen LogP contribution in [0.15, 0.2) is 18.2 Å². The fraction of sp³-hybridized carbons (Fsp3) is 0.538. The molecule has 1 aliphatic carbocycles. The summed E-state index contributed by atoms with van der Waals surface area (Å²) in [7, 11) is 2.95. The van der Waals surface area contributed by atoms with Crippen LogP contribution in [-0.2, 0) is 10.3 Å². The van der Waals surface area contributed by atoms with E-state index in [1.54, 1.807) is 6.07 Å². The summed E-state index contributed by atoms with van der Waals surface area (Å²) in [5.74, 6) is -0.111. The molecule has 0 radical (unpaired) electrons. The van der Waals surface area contributed by atoms with E-state index in [0.29, 0.717) is 5.56 Å². The van der Waals surface area contributed by atoms with E-state index in [4.69, 9.17) is 9.47 Å². The van der Waals surface area contributed by atoms with E-state index >= 15 is 0 Å². The van der Waals surface area contributed by atoms with Crippen LogP contribution in [0.1, 0.15) is 18.4 Å². The van der Waals surface area contributed by atoms with Gasteiger partial charge in [-0.3, -0.25) is 0 Å². The fourth-order valence-corrected chi connectivity index (χ4v) is 2.15. The van der Waals surface area contributed by atoms with Crippen LogP contribution in [0.2, 0.25) is 0 Å². The number of aliphatic hydroxyl groups is 1. The van der Waals surface area contributed by atoms with E-state index in [0.717, 1.165) is 12.8 Å². The van der Waals surface area contributed by atoms with E-state index in [9.17, 15) is 9.50 Å². The van der Waals surface area contributed by atoms with Crippen LogP contribution in [0.25, 0.3) is 0 Å². The third-order valence-electron chi connectivity index (χ3n) is 3.27. The van der Waals surface area contributed by atoms with E-state index in [1.165, 1.54) is 26.4 Å². The first kappa shape index (κ1) is 12.3. The minimum absolute atomic E-state index is 0.162. The molecule has 4 heteroatoms. The van der Waals surface area contributed by atoms with Crippen LogP contribution >= 0.6 is 0 Å². The minimum Gasteiger partial charge on any atom is -0.494 e. The molecule has 0 aliphatic heterocycles. The Kier molecular flexibility index (Phi) is 3.35. The van der Waals surface area contributed by atoms with E-state index in [2.05, 4.69) is 0 Å². The lowest BCUT2D eigenvalue weighted by Gasteiger charge is -2.28. The predicted molar refractivity (Wildman–Crippen MR) is 61.4 cm³/mol. The highest BCUT2D eigenvalue weighted by Crippen LogP contribution is 2.46. The van der Waals surface area contributed by atoms with Gasteiger partial charge >= 0.3 is 0 Å². The average Bonchev–Trinajstić information content (AvgIpc) is 3.13. The summed E-state index contributed by atoms with van der Waals surface area (Å²) < 4.78 is 23.5. The van der Waals surface area contributed by atoms with Gasteiger partial charge in [0.15, 0.2) is 11.6 Å². The SMILES string of the molecule is COCC(O)(c1ccc(OC)c(F)c1)C1CC1. The first-order valence-corrected chi connectivity index (χ1v) is 5.67. The molecular weight excluding hydrogens is 223 g/mol. The molecule has 1 saturated carbocycles. The second-order valence-electron chi connectivity index (χ2n) is 4.48. The maximum absolute atomic E-state index is 13.6. The van der Waals surface area contributed by atoms with Gasteiger partial charge in [-0.15, -0.1) is 0 Å². The number of rotatable bonds is 5. The fourth-order valence-electron chi connectivity index (χ4n) is 2.15. The molecule has 0 spiro atoms. The van der Waals surface area contributed by atoms with Gasteiger partial charge in [-0.2, -0.15) is 0 Å². The lowest BCUT2D eigenvalue weighted by atomic mass is 9.89. The molecule has 0 heterocycles. The molecule has 0 aromatic heterocycles. The Hall–Kier alpha value is -1.13. The van der Waals surface area contributed by atoms with Gasteiger partial charge in [0.25, 0.3) is 0 Å². The van der Waals surface area contributed by atoms with E-state index < -0.39 is 11.4 Å². The van der Waals surface area contributed by atoms with Gasteiger partial charge in [0.1, 0.15) is 5.60 Å². The van der Waals surface area contributed by atoms with E-state index in [1.807, 2.05) is 0 Å². The number of hydrogen-bond donors (Lipinski definition) is 1. The Morgan fingerprint density at radius 3 is 2.59 bits per heavy atom. The zero-order chi connectivity index (χ0) is 12.5. The molecule has 0 bridgehead atoms. The molecular formula is C13H17FO3. The predicted octanol–water partition coefficient (Wildman–Crippen LogP) is 2.08. The topological polar surface area (TPSA) is 38.7 Å². The van der Waals surface area contributed by atoms with Crippen molar-refractivity contribution in [2.45, 2.75) is 18.4 Å². The van der Waals surface area contributed by atoms with Crippen LogP contribution in [0.5, 0.6) is 5.75 Å². The van der Waals surface area contributed by atoms with Crippen LogP contribution in [0, 0.1) is 11.7 Å². The van der Waals surface area contributed by atoms with Gasteiger partial charge in [0.2, 0.25) is 0 Å². The van der Waals surface area contributed by atoms with Crippen molar-refractivity contribution in [3.63, 3.8) is 0 Å². The summed E-state index contributed by atoms with van der Waals surface area (Å²) >= 11 is 0. The van der Waals surface area contributed by atoms with Crippen molar-refractivity contribution in [3.05, 3.63) is 29.6 Å². The molecule has 0 amide bonds. The standard InChI is InChI=1S/C13H17FO3/c1-16-8-13(15,9-3-4-9)10-5-6-12(17-2)11(14)7-10/h5-7,9,15H,3-4,8H2,1-2H3. The molecule has 1 aliphatic rings.